The molecule has 0 saturated heterocycles. The number of nitrogens with one attached hydrogen (secondary N) is 1. The van der Waals surface area contributed by atoms with E-state index in [-0.39, 0.29) is 23.8 Å². The molecule has 0 unspecified atom stereocenters. The number of hydrogen-bond donors (Lipinski definition) is 2. The van der Waals surface area contributed by atoms with Crippen molar-refractivity contribution in [3.63, 3.8) is 0 Å². The van der Waals surface area contributed by atoms with Crippen LogP contribution in [0.15, 0.2) is 23.1 Å². The van der Waals surface area contributed by atoms with Crippen molar-refractivity contribution in [1.82, 2.24) is 4.72 Å². The molecule has 3 rings (SSSR count). The second-order valence-corrected chi connectivity index (χ2v) is 7.50. The first-order valence-corrected chi connectivity index (χ1v) is 8.40. The number of carbonyl (C=O) groups excluding carboxylic acids is 1. The normalized spacial score (nSPS) is 20.3. The van der Waals surface area contributed by atoms with E-state index in [1.54, 1.807) is 19.2 Å². The molecule has 1 aromatic rings. The molecule has 0 spiro atoms. The lowest BCUT2D eigenvalue weighted by Crippen LogP contribution is -2.55. The predicted octanol–water partition coefficient (Wildman–Crippen LogP) is 0.399. The molecule has 6 nitrogen and oxygen atoms in total. The minimum Gasteiger partial charge on any atom is -0.394 e. The molecule has 1 heterocycles. The molecule has 1 aliphatic carbocycles. The van der Waals surface area contributed by atoms with Crippen LogP contribution in [0.2, 0.25) is 0 Å². The third kappa shape index (κ3) is 2.35. The number of benzene rings is 1. The van der Waals surface area contributed by atoms with Gasteiger partial charge in [-0.1, -0.05) is 0 Å². The van der Waals surface area contributed by atoms with E-state index >= 15 is 0 Å². The summed E-state index contributed by atoms with van der Waals surface area (Å²) in [4.78, 5) is 13.3. The van der Waals surface area contributed by atoms with Gasteiger partial charge < -0.3 is 10.0 Å². The van der Waals surface area contributed by atoms with E-state index in [0.717, 1.165) is 17.7 Å². The Balaban J connectivity index is 1.91. The van der Waals surface area contributed by atoms with Gasteiger partial charge >= 0.3 is 0 Å². The number of rotatable bonds is 4. The standard InChI is InChI=1S/C14H18N2O4S/c1-16-12-4-3-11(7-10(12)8-13(16)18)21(19,20)15-14(9-17)5-2-6-14/h3-4,7,15,17H,2,5-6,8-9H2,1H3. The van der Waals surface area contributed by atoms with Gasteiger partial charge in [0, 0.05) is 12.7 Å². The number of anilines is 1. The van der Waals surface area contributed by atoms with Gasteiger partial charge in [-0.3, -0.25) is 4.79 Å². The third-order valence-corrected chi connectivity index (χ3v) is 5.98. The van der Waals surface area contributed by atoms with Crippen molar-refractivity contribution in [2.75, 3.05) is 18.6 Å². The van der Waals surface area contributed by atoms with E-state index in [2.05, 4.69) is 4.72 Å². The number of aliphatic hydroxyl groups is 1. The first-order chi connectivity index (χ1) is 9.87. The van der Waals surface area contributed by atoms with Crippen molar-refractivity contribution in [3.05, 3.63) is 23.8 Å². The van der Waals surface area contributed by atoms with Crippen molar-refractivity contribution in [1.29, 1.82) is 0 Å². The van der Waals surface area contributed by atoms with E-state index < -0.39 is 15.6 Å². The number of amides is 1. The molecule has 0 bridgehead atoms. The lowest BCUT2D eigenvalue weighted by atomic mass is 9.78. The zero-order chi connectivity index (χ0) is 15.3. The van der Waals surface area contributed by atoms with E-state index in [1.807, 2.05) is 0 Å². The summed E-state index contributed by atoms with van der Waals surface area (Å²) in [7, 11) is -2.01. The maximum atomic E-state index is 12.4. The summed E-state index contributed by atoms with van der Waals surface area (Å²) < 4.78 is 27.5. The SMILES string of the molecule is CN1C(=O)Cc2cc(S(=O)(=O)NC3(CO)CCC3)ccc21. The molecule has 7 heteroatoms. The lowest BCUT2D eigenvalue weighted by Gasteiger charge is -2.40. The number of nitrogens with zero attached hydrogens (tertiary/aromatic N) is 1. The topological polar surface area (TPSA) is 86.7 Å². The van der Waals surface area contributed by atoms with Crippen LogP contribution in [0.3, 0.4) is 0 Å². The van der Waals surface area contributed by atoms with Gasteiger partial charge in [-0.05, 0) is 43.0 Å². The maximum absolute atomic E-state index is 12.4. The highest BCUT2D eigenvalue weighted by molar-refractivity contribution is 7.89. The van der Waals surface area contributed by atoms with Crippen molar-refractivity contribution >= 4 is 21.6 Å². The van der Waals surface area contributed by atoms with Gasteiger partial charge in [-0.15, -0.1) is 0 Å². The molecule has 1 aliphatic heterocycles. The Hall–Kier alpha value is -1.44. The highest BCUT2D eigenvalue weighted by Crippen LogP contribution is 2.34. The van der Waals surface area contributed by atoms with Crippen LogP contribution in [0.4, 0.5) is 5.69 Å². The van der Waals surface area contributed by atoms with Gasteiger partial charge in [-0.25, -0.2) is 13.1 Å². The van der Waals surface area contributed by atoms with Crippen LogP contribution in [0.5, 0.6) is 0 Å². The second-order valence-electron chi connectivity index (χ2n) is 5.82. The van der Waals surface area contributed by atoms with Crippen molar-refractivity contribution < 1.29 is 18.3 Å². The fraction of sp³-hybridized carbons (Fsp3) is 0.500. The fourth-order valence-corrected chi connectivity index (χ4v) is 4.35. The highest BCUT2D eigenvalue weighted by Gasteiger charge is 2.40. The Bertz CT molecular complexity index is 689. The molecule has 1 saturated carbocycles. The summed E-state index contributed by atoms with van der Waals surface area (Å²) in [5, 5.41) is 9.39. The van der Waals surface area contributed by atoms with Crippen LogP contribution in [-0.2, 0) is 21.2 Å². The lowest BCUT2D eigenvalue weighted by molar-refractivity contribution is -0.117. The van der Waals surface area contributed by atoms with Crippen molar-refractivity contribution in [2.24, 2.45) is 0 Å². The average Bonchev–Trinajstić information content (AvgIpc) is 2.69. The molecule has 1 fully saturated rings. The molecule has 21 heavy (non-hydrogen) atoms. The molecule has 1 amide bonds. The molecule has 0 aromatic heterocycles. The van der Waals surface area contributed by atoms with Gasteiger partial charge in [0.1, 0.15) is 0 Å². The van der Waals surface area contributed by atoms with Gasteiger partial charge in [0.05, 0.1) is 23.5 Å². The highest BCUT2D eigenvalue weighted by atomic mass is 32.2. The summed E-state index contributed by atoms with van der Waals surface area (Å²) in [5.74, 6) is -0.0432. The zero-order valence-corrected chi connectivity index (χ0v) is 12.6. The largest absolute Gasteiger partial charge is 0.394 e. The van der Waals surface area contributed by atoms with Crippen LogP contribution >= 0.6 is 0 Å². The van der Waals surface area contributed by atoms with Gasteiger partial charge in [0.15, 0.2) is 0 Å². The van der Waals surface area contributed by atoms with E-state index in [4.69, 9.17) is 0 Å². The molecule has 114 valence electrons. The molecular formula is C14H18N2O4S. The van der Waals surface area contributed by atoms with Crippen LogP contribution in [0, 0.1) is 0 Å². The first-order valence-electron chi connectivity index (χ1n) is 6.91. The molecule has 1 aromatic carbocycles. The Morgan fingerprint density at radius 3 is 2.67 bits per heavy atom. The zero-order valence-electron chi connectivity index (χ0n) is 11.8. The Morgan fingerprint density at radius 2 is 2.10 bits per heavy atom. The van der Waals surface area contributed by atoms with Crippen molar-refractivity contribution in [2.45, 2.75) is 36.1 Å². The minimum atomic E-state index is -3.69. The molecule has 2 aliphatic rings. The smallest absolute Gasteiger partial charge is 0.241 e. The average molecular weight is 310 g/mol. The predicted molar refractivity (Wildman–Crippen MR) is 77.5 cm³/mol. The molecular weight excluding hydrogens is 292 g/mol. The van der Waals surface area contributed by atoms with Gasteiger partial charge in [0.2, 0.25) is 15.9 Å². The minimum absolute atomic E-state index is 0.0432. The van der Waals surface area contributed by atoms with Crippen LogP contribution < -0.4 is 9.62 Å². The van der Waals surface area contributed by atoms with Crippen molar-refractivity contribution in [3.8, 4) is 0 Å². The number of aliphatic hydroxyl groups excluding tert-OH is 1. The molecule has 0 radical (unpaired) electrons. The molecule has 0 atom stereocenters. The first kappa shape index (κ1) is 14.5. The monoisotopic (exact) mass is 310 g/mol. The fourth-order valence-electron chi connectivity index (χ4n) is 2.85. The Labute approximate surface area is 123 Å². The van der Waals surface area contributed by atoms with E-state index in [1.165, 1.54) is 11.0 Å². The number of likely N-dealkylation sites (N-methyl/N-ethyl adjacent to an activating group) is 1. The summed E-state index contributed by atoms with van der Waals surface area (Å²) in [5.41, 5.74) is 0.751. The summed E-state index contributed by atoms with van der Waals surface area (Å²) in [6.07, 6.45) is 2.43. The molecule has 2 N–H and O–H groups in total. The summed E-state index contributed by atoms with van der Waals surface area (Å²) in [6, 6.07) is 4.70. The Morgan fingerprint density at radius 1 is 1.38 bits per heavy atom. The number of carbonyl (C=O) groups is 1. The Kier molecular flexibility index (Phi) is 3.31. The number of hydrogen-bond acceptors (Lipinski definition) is 4. The van der Waals surface area contributed by atoms with Crippen LogP contribution in [0.1, 0.15) is 24.8 Å². The third-order valence-electron chi connectivity index (χ3n) is 4.40. The number of fused-ring (bicyclic) bond motifs is 1. The van der Waals surface area contributed by atoms with E-state index in [0.29, 0.717) is 12.8 Å². The van der Waals surface area contributed by atoms with Crippen LogP contribution in [-0.4, -0.2) is 38.6 Å². The van der Waals surface area contributed by atoms with Gasteiger partial charge in [0.25, 0.3) is 0 Å². The maximum Gasteiger partial charge on any atom is 0.241 e. The van der Waals surface area contributed by atoms with Crippen LogP contribution in [0.25, 0.3) is 0 Å². The van der Waals surface area contributed by atoms with E-state index in [9.17, 15) is 18.3 Å². The van der Waals surface area contributed by atoms with Gasteiger partial charge in [-0.2, -0.15) is 0 Å². The second kappa shape index (κ2) is 4.79. The summed E-state index contributed by atoms with van der Waals surface area (Å²) >= 11 is 0. The quantitative estimate of drug-likeness (QED) is 0.843. The summed E-state index contributed by atoms with van der Waals surface area (Å²) in [6.45, 7) is -0.196. The number of sulfonamides is 1.